The Morgan fingerprint density at radius 2 is 2.41 bits per heavy atom. The second-order valence-electron chi connectivity index (χ2n) is 4.18. The maximum absolute atomic E-state index is 13.1. The first-order valence-corrected chi connectivity index (χ1v) is 5.48. The number of aryl methyl sites for hydroxylation is 1. The molecule has 90 valence electrons. The Balaban J connectivity index is 2.45. The number of fused-ring (bicyclic) bond motifs is 1. The van der Waals surface area contributed by atoms with E-state index in [1.807, 2.05) is 0 Å². The van der Waals surface area contributed by atoms with Crippen LogP contribution in [0.25, 0.3) is 0 Å². The molecule has 1 aliphatic rings. The highest BCUT2D eigenvalue weighted by atomic mass is 19.1. The number of halogens is 1. The Morgan fingerprint density at radius 1 is 1.65 bits per heavy atom. The molecule has 1 aromatic rings. The van der Waals surface area contributed by atoms with Crippen LogP contribution in [-0.2, 0) is 16.8 Å². The van der Waals surface area contributed by atoms with Gasteiger partial charge >= 0.3 is 5.97 Å². The zero-order valence-electron chi connectivity index (χ0n) is 9.37. The van der Waals surface area contributed by atoms with Crippen molar-refractivity contribution in [2.24, 2.45) is 0 Å². The molecule has 1 aromatic carbocycles. The van der Waals surface area contributed by atoms with Crippen LogP contribution in [-0.4, -0.2) is 17.6 Å². The molecule has 1 unspecified atom stereocenters. The molecular weight excluding hydrogens is 221 g/mol. The molecule has 1 atom stereocenters. The van der Waals surface area contributed by atoms with E-state index in [2.05, 4.69) is 11.9 Å². The first kappa shape index (κ1) is 11.8. The van der Waals surface area contributed by atoms with Gasteiger partial charge in [-0.2, -0.15) is 0 Å². The van der Waals surface area contributed by atoms with Crippen molar-refractivity contribution in [1.29, 1.82) is 0 Å². The van der Waals surface area contributed by atoms with E-state index in [1.54, 1.807) is 12.1 Å². The SMILES string of the molecule is C=CCNC1(C(=O)O)CCc2cc(F)ccc21. The normalized spacial score (nSPS) is 22.2. The van der Waals surface area contributed by atoms with Crippen LogP contribution in [0.15, 0.2) is 30.9 Å². The number of carboxylic acids is 1. The maximum Gasteiger partial charge on any atom is 0.328 e. The molecule has 2 rings (SSSR count). The first-order valence-electron chi connectivity index (χ1n) is 5.48. The van der Waals surface area contributed by atoms with E-state index in [1.165, 1.54) is 12.1 Å². The fourth-order valence-electron chi connectivity index (χ4n) is 2.37. The van der Waals surface area contributed by atoms with Crippen LogP contribution >= 0.6 is 0 Å². The standard InChI is InChI=1S/C13H14FNO2/c1-2-7-15-13(12(16)17)6-5-9-8-10(14)3-4-11(9)13/h2-4,8,15H,1,5-7H2,(H,16,17). The number of carbonyl (C=O) groups is 1. The van der Waals surface area contributed by atoms with Crippen LogP contribution in [0, 0.1) is 5.82 Å². The molecule has 0 bridgehead atoms. The lowest BCUT2D eigenvalue weighted by molar-refractivity contribution is -0.145. The predicted molar refractivity (Wildman–Crippen MR) is 62.2 cm³/mol. The van der Waals surface area contributed by atoms with Crippen LogP contribution in [0.5, 0.6) is 0 Å². The van der Waals surface area contributed by atoms with Gasteiger partial charge in [-0.3, -0.25) is 5.32 Å². The second-order valence-corrected chi connectivity index (χ2v) is 4.18. The van der Waals surface area contributed by atoms with Crippen LogP contribution in [0.3, 0.4) is 0 Å². The lowest BCUT2D eigenvalue weighted by Crippen LogP contribution is -2.47. The zero-order chi connectivity index (χ0) is 12.5. The Kier molecular flexibility index (Phi) is 2.98. The molecule has 0 heterocycles. The van der Waals surface area contributed by atoms with Crippen molar-refractivity contribution in [3.63, 3.8) is 0 Å². The van der Waals surface area contributed by atoms with E-state index in [4.69, 9.17) is 0 Å². The molecule has 1 aliphatic carbocycles. The third kappa shape index (κ3) is 1.85. The van der Waals surface area contributed by atoms with E-state index in [-0.39, 0.29) is 5.82 Å². The first-order chi connectivity index (χ1) is 8.10. The van der Waals surface area contributed by atoms with Gasteiger partial charge in [-0.05, 0) is 36.1 Å². The van der Waals surface area contributed by atoms with Crippen LogP contribution in [0.1, 0.15) is 17.5 Å². The van der Waals surface area contributed by atoms with Gasteiger partial charge in [-0.25, -0.2) is 9.18 Å². The maximum atomic E-state index is 13.1. The second kappa shape index (κ2) is 4.30. The minimum atomic E-state index is -1.10. The van der Waals surface area contributed by atoms with Crippen LogP contribution in [0.4, 0.5) is 4.39 Å². The topological polar surface area (TPSA) is 49.3 Å². The molecule has 0 radical (unpaired) electrons. The van der Waals surface area contributed by atoms with Gasteiger partial charge in [0.25, 0.3) is 0 Å². The van der Waals surface area contributed by atoms with Gasteiger partial charge in [0.05, 0.1) is 0 Å². The van der Waals surface area contributed by atoms with Gasteiger partial charge in [0.2, 0.25) is 0 Å². The molecule has 0 amide bonds. The molecule has 0 aliphatic heterocycles. The third-order valence-corrected chi connectivity index (χ3v) is 3.21. The number of nitrogens with one attached hydrogen (secondary N) is 1. The molecule has 3 nitrogen and oxygen atoms in total. The number of aliphatic carboxylic acids is 1. The number of carboxylic acid groups (broad SMARTS) is 1. The van der Waals surface area contributed by atoms with Crippen molar-refractivity contribution < 1.29 is 14.3 Å². The van der Waals surface area contributed by atoms with Crippen molar-refractivity contribution in [3.05, 3.63) is 47.8 Å². The number of hydrogen-bond acceptors (Lipinski definition) is 2. The van der Waals surface area contributed by atoms with Crippen molar-refractivity contribution in [2.75, 3.05) is 6.54 Å². The highest BCUT2D eigenvalue weighted by Crippen LogP contribution is 2.37. The molecule has 0 saturated carbocycles. The van der Waals surface area contributed by atoms with Gasteiger partial charge < -0.3 is 5.11 Å². The summed E-state index contributed by atoms with van der Waals surface area (Å²) in [5, 5.41) is 12.4. The molecule has 0 spiro atoms. The minimum absolute atomic E-state index is 0.325. The molecule has 4 heteroatoms. The third-order valence-electron chi connectivity index (χ3n) is 3.21. The van der Waals surface area contributed by atoms with Gasteiger partial charge in [0, 0.05) is 6.54 Å². The predicted octanol–water partition coefficient (Wildman–Crippen LogP) is 1.83. The van der Waals surface area contributed by atoms with Crippen molar-refractivity contribution in [2.45, 2.75) is 18.4 Å². The largest absolute Gasteiger partial charge is 0.480 e. The summed E-state index contributed by atoms with van der Waals surface area (Å²) >= 11 is 0. The average Bonchev–Trinajstić information content (AvgIpc) is 2.65. The molecule has 0 aromatic heterocycles. The van der Waals surface area contributed by atoms with Gasteiger partial charge in [0.1, 0.15) is 11.4 Å². The van der Waals surface area contributed by atoms with Crippen LogP contribution in [0.2, 0.25) is 0 Å². The van der Waals surface area contributed by atoms with Crippen molar-refractivity contribution in [1.82, 2.24) is 5.32 Å². The fraction of sp³-hybridized carbons (Fsp3) is 0.308. The Labute approximate surface area is 99.0 Å². The fourth-order valence-corrected chi connectivity index (χ4v) is 2.37. The van der Waals surface area contributed by atoms with Gasteiger partial charge in [-0.15, -0.1) is 6.58 Å². The average molecular weight is 235 g/mol. The van der Waals surface area contributed by atoms with E-state index >= 15 is 0 Å². The summed E-state index contributed by atoms with van der Waals surface area (Å²) in [6, 6.07) is 4.27. The van der Waals surface area contributed by atoms with Gasteiger partial charge in [-0.1, -0.05) is 12.1 Å². The number of hydrogen-bond donors (Lipinski definition) is 2. The molecule has 0 fully saturated rings. The number of benzene rings is 1. The van der Waals surface area contributed by atoms with Crippen molar-refractivity contribution in [3.8, 4) is 0 Å². The summed E-state index contributed by atoms with van der Waals surface area (Å²) in [7, 11) is 0. The smallest absolute Gasteiger partial charge is 0.328 e. The van der Waals surface area contributed by atoms with Crippen molar-refractivity contribution >= 4 is 5.97 Å². The van der Waals surface area contributed by atoms with Gasteiger partial charge in [0.15, 0.2) is 0 Å². The van der Waals surface area contributed by atoms with Crippen LogP contribution < -0.4 is 5.32 Å². The zero-order valence-corrected chi connectivity index (χ0v) is 9.37. The Bertz CT molecular complexity index is 472. The summed E-state index contributed by atoms with van der Waals surface area (Å²) in [6.07, 6.45) is 2.63. The quantitative estimate of drug-likeness (QED) is 0.783. The summed E-state index contributed by atoms with van der Waals surface area (Å²) in [6.45, 7) is 3.97. The minimum Gasteiger partial charge on any atom is -0.480 e. The number of rotatable bonds is 4. The Morgan fingerprint density at radius 3 is 3.06 bits per heavy atom. The van der Waals surface area contributed by atoms with E-state index in [9.17, 15) is 14.3 Å². The lowest BCUT2D eigenvalue weighted by Gasteiger charge is -2.26. The molecule has 17 heavy (non-hydrogen) atoms. The van der Waals surface area contributed by atoms with E-state index < -0.39 is 11.5 Å². The Hall–Kier alpha value is -1.68. The highest BCUT2D eigenvalue weighted by molar-refractivity contribution is 5.82. The van der Waals surface area contributed by atoms with E-state index in [0.29, 0.717) is 24.9 Å². The molecule has 0 saturated heterocycles. The molecular formula is C13H14FNO2. The lowest BCUT2D eigenvalue weighted by atomic mass is 9.92. The highest BCUT2D eigenvalue weighted by Gasteiger charge is 2.44. The summed E-state index contributed by atoms with van der Waals surface area (Å²) in [5.74, 6) is -1.25. The van der Waals surface area contributed by atoms with E-state index in [0.717, 1.165) is 5.56 Å². The monoisotopic (exact) mass is 235 g/mol. The summed E-state index contributed by atoms with van der Waals surface area (Å²) in [5.41, 5.74) is 0.328. The summed E-state index contributed by atoms with van der Waals surface area (Å²) < 4.78 is 13.1. The molecule has 2 N–H and O–H groups in total. The summed E-state index contributed by atoms with van der Waals surface area (Å²) in [4.78, 5) is 11.5.